The highest BCUT2D eigenvalue weighted by atomic mass is 19.2. The standard InChI is InChI=1S/C6H13FN2/c1-8(2)5-6-3-4-9(6)7/h6H,3-5H2,1-2H3. The molecule has 1 heterocycles. The normalized spacial score (nSPS) is 28.7. The first-order chi connectivity index (χ1) is 4.20. The van der Waals surface area contributed by atoms with E-state index in [0.717, 1.165) is 18.1 Å². The summed E-state index contributed by atoms with van der Waals surface area (Å²) in [6.07, 6.45) is 1.01. The van der Waals surface area contributed by atoms with Gasteiger partial charge in [-0.2, -0.15) is 0 Å². The molecule has 2 nitrogen and oxygen atoms in total. The van der Waals surface area contributed by atoms with Gasteiger partial charge in [0.1, 0.15) is 0 Å². The third kappa shape index (κ3) is 1.63. The lowest BCUT2D eigenvalue weighted by Gasteiger charge is -2.34. The van der Waals surface area contributed by atoms with Crippen molar-refractivity contribution < 1.29 is 4.48 Å². The molecule has 9 heavy (non-hydrogen) atoms. The van der Waals surface area contributed by atoms with Crippen molar-refractivity contribution in [3.63, 3.8) is 0 Å². The lowest BCUT2D eigenvalue weighted by molar-refractivity contribution is -0.0980. The van der Waals surface area contributed by atoms with Gasteiger partial charge in [0.2, 0.25) is 0 Å². The SMILES string of the molecule is CN(C)CC1CCN1F. The van der Waals surface area contributed by atoms with Gasteiger partial charge < -0.3 is 4.90 Å². The summed E-state index contributed by atoms with van der Waals surface area (Å²) in [6.45, 7) is 1.47. The molecule has 0 aliphatic carbocycles. The van der Waals surface area contributed by atoms with Crippen LogP contribution in [0.3, 0.4) is 0 Å². The molecular formula is C6H13FN2. The smallest absolute Gasteiger partial charge is 0.0542 e. The number of likely N-dealkylation sites (N-methyl/N-ethyl adjacent to an activating group) is 1. The summed E-state index contributed by atoms with van der Waals surface area (Å²) in [6, 6.07) is 0.167. The lowest BCUT2D eigenvalue weighted by atomic mass is 10.1. The van der Waals surface area contributed by atoms with E-state index < -0.39 is 0 Å². The minimum atomic E-state index is 0.167. The number of rotatable bonds is 2. The fourth-order valence-corrected chi connectivity index (χ4v) is 1.01. The third-order valence-corrected chi connectivity index (χ3v) is 1.65. The maximum absolute atomic E-state index is 12.3. The van der Waals surface area contributed by atoms with E-state index in [9.17, 15) is 4.48 Å². The summed E-state index contributed by atoms with van der Waals surface area (Å²) < 4.78 is 12.3. The zero-order chi connectivity index (χ0) is 6.85. The Labute approximate surface area is 55.2 Å². The predicted molar refractivity (Wildman–Crippen MR) is 34.8 cm³/mol. The Morgan fingerprint density at radius 1 is 1.67 bits per heavy atom. The van der Waals surface area contributed by atoms with Crippen LogP contribution < -0.4 is 0 Å². The first kappa shape index (κ1) is 6.96. The van der Waals surface area contributed by atoms with Crippen LogP contribution in [0.2, 0.25) is 0 Å². The molecule has 1 saturated heterocycles. The van der Waals surface area contributed by atoms with Crippen LogP contribution in [0.5, 0.6) is 0 Å². The van der Waals surface area contributed by atoms with Gasteiger partial charge in [0.15, 0.2) is 0 Å². The zero-order valence-corrected chi connectivity index (χ0v) is 5.97. The highest BCUT2D eigenvalue weighted by Gasteiger charge is 2.27. The van der Waals surface area contributed by atoms with E-state index in [1.165, 1.54) is 0 Å². The van der Waals surface area contributed by atoms with E-state index in [-0.39, 0.29) is 6.04 Å². The average Bonchev–Trinajstić information content (AvgIpc) is 1.79. The van der Waals surface area contributed by atoms with E-state index in [4.69, 9.17) is 0 Å². The summed E-state index contributed by atoms with van der Waals surface area (Å²) in [5, 5.41) is 0.903. The minimum absolute atomic E-state index is 0.167. The Balaban J connectivity index is 2.13. The van der Waals surface area contributed by atoms with Crippen LogP contribution in [0.4, 0.5) is 4.48 Å². The average molecular weight is 132 g/mol. The fraction of sp³-hybridized carbons (Fsp3) is 1.00. The van der Waals surface area contributed by atoms with Crippen LogP contribution in [-0.4, -0.2) is 43.2 Å². The van der Waals surface area contributed by atoms with Gasteiger partial charge in [-0.05, 0) is 20.5 Å². The minimum Gasteiger partial charge on any atom is -0.308 e. The van der Waals surface area contributed by atoms with Gasteiger partial charge in [-0.1, -0.05) is 0 Å². The van der Waals surface area contributed by atoms with Gasteiger partial charge in [0.05, 0.1) is 6.04 Å². The van der Waals surface area contributed by atoms with Crippen molar-refractivity contribution in [3.05, 3.63) is 0 Å². The van der Waals surface area contributed by atoms with Crippen LogP contribution in [0.1, 0.15) is 6.42 Å². The quantitative estimate of drug-likeness (QED) is 0.505. The van der Waals surface area contributed by atoms with E-state index in [1.807, 2.05) is 19.0 Å². The molecule has 0 saturated carbocycles. The molecule has 0 bridgehead atoms. The van der Waals surface area contributed by atoms with Gasteiger partial charge >= 0.3 is 0 Å². The topological polar surface area (TPSA) is 6.48 Å². The Bertz CT molecular complexity index is 95.1. The molecule has 0 N–H and O–H groups in total. The second kappa shape index (κ2) is 2.62. The van der Waals surface area contributed by atoms with Gasteiger partial charge in [0.25, 0.3) is 0 Å². The molecule has 0 radical (unpaired) electrons. The van der Waals surface area contributed by atoms with Crippen LogP contribution in [0.25, 0.3) is 0 Å². The Morgan fingerprint density at radius 2 is 2.33 bits per heavy atom. The van der Waals surface area contributed by atoms with Crippen molar-refractivity contribution in [3.8, 4) is 0 Å². The number of halogens is 1. The monoisotopic (exact) mass is 132 g/mol. The van der Waals surface area contributed by atoms with Crippen molar-refractivity contribution in [1.82, 2.24) is 10.0 Å². The molecular weight excluding hydrogens is 119 g/mol. The molecule has 1 rings (SSSR count). The number of hydrogen-bond donors (Lipinski definition) is 0. The summed E-state index contributed by atoms with van der Waals surface area (Å²) in [7, 11) is 3.93. The van der Waals surface area contributed by atoms with E-state index in [0.29, 0.717) is 6.54 Å². The molecule has 0 amide bonds. The maximum atomic E-state index is 12.3. The summed E-state index contributed by atoms with van der Waals surface area (Å²) in [5.74, 6) is 0. The molecule has 0 spiro atoms. The van der Waals surface area contributed by atoms with Crippen LogP contribution in [-0.2, 0) is 0 Å². The highest BCUT2D eigenvalue weighted by Crippen LogP contribution is 2.16. The Hall–Kier alpha value is -0.150. The molecule has 1 fully saturated rings. The summed E-state index contributed by atoms with van der Waals surface area (Å²) in [4.78, 5) is 2.01. The molecule has 1 atom stereocenters. The molecule has 1 aliphatic heterocycles. The largest absolute Gasteiger partial charge is 0.308 e. The second-order valence-electron chi connectivity index (χ2n) is 2.83. The van der Waals surface area contributed by atoms with E-state index >= 15 is 0 Å². The first-order valence-corrected chi connectivity index (χ1v) is 3.27. The molecule has 3 heteroatoms. The molecule has 0 aromatic heterocycles. The number of hydrogen-bond acceptors (Lipinski definition) is 2. The van der Waals surface area contributed by atoms with E-state index in [2.05, 4.69) is 0 Å². The van der Waals surface area contributed by atoms with E-state index in [1.54, 1.807) is 0 Å². The van der Waals surface area contributed by atoms with Gasteiger partial charge in [-0.25, -0.2) is 0 Å². The van der Waals surface area contributed by atoms with Crippen molar-refractivity contribution in [2.75, 3.05) is 27.2 Å². The van der Waals surface area contributed by atoms with Gasteiger partial charge in [-0.15, -0.1) is 9.60 Å². The van der Waals surface area contributed by atoms with Crippen LogP contribution >= 0.6 is 0 Å². The summed E-state index contributed by atoms with van der Waals surface area (Å²) >= 11 is 0. The molecule has 1 unspecified atom stereocenters. The number of nitrogens with zero attached hydrogens (tertiary/aromatic N) is 2. The lowest BCUT2D eigenvalue weighted by Crippen LogP contribution is -2.47. The van der Waals surface area contributed by atoms with Gasteiger partial charge in [0, 0.05) is 13.1 Å². The fourth-order valence-electron chi connectivity index (χ4n) is 1.01. The molecule has 1 aliphatic rings. The van der Waals surface area contributed by atoms with Crippen molar-refractivity contribution >= 4 is 0 Å². The van der Waals surface area contributed by atoms with Crippen molar-refractivity contribution in [1.29, 1.82) is 0 Å². The summed E-state index contributed by atoms with van der Waals surface area (Å²) in [5.41, 5.74) is 0. The Kier molecular flexibility index (Phi) is 2.03. The third-order valence-electron chi connectivity index (χ3n) is 1.65. The van der Waals surface area contributed by atoms with Crippen molar-refractivity contribution in [2.45, 2.75) is 12.5 Å². The highest BCUT2D eigenvalue weighted by molar-refractivity contribution is 4.77. The second-order valence-corrected chi connectivity index (χ2v) is 2.83. The molecule has 0 aromatic rings. The molecule has 0 aromatic carbocycles. The van der Waals surface area contributed by atoms with Crippen molar-refractivity contribution in [2.24, 2.45) is 0 Å². The predicted octanol–water partition coefficient (Wildman–Crippen LogP) is 0.507. The Morgan fingerprint density at radius 3 is 2.44 bits per heavy atom. The first-order valence-electron chi connectivity index (χ1n) is 3.27. The van der Waals surface area contributed by atoms with Crippen LogP contribution in [0, 0.1) is 0 Å². The maximum Gasteiger partial charge on any atom is 0.0542 e. The zero-order valence-electron chi connectivity index (χ0n) is 5.97. The molecule has 54 valence electrons. The van der Waals surface area contributed by atoms with Crippen LogP contribution in [0.15, 0.2) is 0 Å². The van der Waals surface area contributed by atoms with Gasteiger partial charge in [-0.3, -0.25) is 0 Å².